The Kier molecular flexibility index (Phi) is 12.3. The Morgan fingerprint density at radius 2 is 1.22 bits per heavy atom. The molecule has 1 fully saturated rings. The molecule has 0 spiro atoms. The topological polar surface area (TPSA) is 66.8 Å². The average Bonchev–Trinajstić information content (AvgIpc) is 2.52. The zero-order chi connectivity index (χ0) is 16.8. The highest BCUT2D eigenvalue weighted by molar-refractivity contribution is 7.46. The molecular formula is C18H37O4P. The highest BCUT2D eigenvalue weighted by Gasteiger charge is 2.13. The first-order valence-electron chi connectivity index (χ1n) is 9.78. The van der Waals surface area contributed by atoms with Crippen LogP contribution < -0.4 is 0 Å². The first kappa shape index (κ1) is 21.2. The Balaban J connectivity index is 1.72. The summed E-state index contributed by atoms with van der Waals surface area (Å²) < 4.78 is 14.9. The van der Waals surface area contributed by atoms with Gasteiger partial charge in [0, 0.05) is 0 Å². The Hall–Kier alpha value is 0.110. The second-order valence-electron chi connectivity index (χ2n) is 7.15. The van der Waals surface area contributed by atoms with Gasteiger partial charge < -0.3 is 9.79 Å². The number of hydrogen-bond acceptors (Lipinski definition) is 2. The van der Waals surface area contributed by atoms with E-state index in [-0.39, 0.29) is 6.61 Å². The summed E-state index contributed by atoms with van der Waals surface area (Å²) in [6.07, 6.45) is 21.2. The third-order valence-electron chi connectivity index (χ3n) is 4.99. The van der Waals surface area contributed by atoms with Crippen molar-refractivity contribution in [3.05, 3.63) is 0 Å². The highest BCUT2D eigenvalue weighted by atomic mass is 31.2. The summed E-state index contributed by atoms with van der Waals surface area (Å²) in [6.45, 7) is 0.172. The lowest BCUT2D eigenvalue weighted by molar-refractivity contribution is 0.193. The maximum atomic E-state index is 10.5. The minimum atomic E-state index is -4.25. The van der Waals surface area contributed by atoms with Gasteiger partial charge in [0.05, 0.1) is 6.61 Å². The molecule has 0 heterocycles. The molecule has 1 saturated carbocycles. The Morgan fingerprint density at radius 3 is 1.74 bits per heavy atom. The van der Waals surface area contributed by atoms with Crippen molar-refractivity contribution in [3.8, 4) is 0 Å². The van der Waals surface area contributed by atoms with Crippen molar-refractivity contribution in [1.82, 2.24) is 0 Å². The molecular weight excluding hydrogens is 311 g/mol. The van der Waals surface area contributed by atoms with Crippen LogP contribution >= 0.6 is 7.82 Å². The minimum absolute atomic E-state index is 0.172. The van der Waals surface area contributed by atoms with Gasteiger partial charge >= 0.3 is 7.82 Å². The highest BCUT2D eigenvalue weighted by Crippen LogP contribution is 2.35. The molecule has 4 nitrogen and oxygen atoms in total. The van der Waals surface area contributed by atoms with Crippen LogP contribution in [0.15, 0.2) is 0 Å². The molecule has 1 aliphatic carbocycles. The molecule has 0 amide bonds. The lowest BCUT2D eigenvalue weighted by atomic mass is 9.85. The standard InChI is InChI=1S/C18H37O4P/c19-23(20,21)22-17-13-8-6-4-2-1-3-5-7-10-14-18-15-11-9-12-16-18/h18H,1-17H2,(H2,19,20,21). The number of phosphoric acid groups is 1. The summed E-state index contributed by atoms with van der Waals surface area (Å²) in [5.74, 6) is 1.04. The van der Waals surface area contributed by atoms with Gasteiger partial charge in [-0.05, 0) is 12.3 Å². The average molecular weight is 348 g/mol. The van der Waals surface area contributed by atoms with Gasteiger partial charge in [0.1, 0.15) is 0 Å². The van der Waals surface area contributed by atoms with Gasteiger partial charge in [0.25, 0.3) is 0 Å². The molecule has 23 heavy (non-hydrogen) atoms. The Morgan fingerprint density at radius 1 is 0.739 bits per heavy atom. The quantitative estimate of drug-likeness (QED) is 0.300. The molecule has 0 saturated heterocycles. The third kappa shape index (κ3) is 14.2. The summed E-state index contributed by atoms with van der Waals surface area (Å²) in [7, 11) is -4.25. The van der Waals surface area contributed by atoms with Crippen molar-refractivity contribution in [3.63, 3.8) is 0 Å². The van der Waals surface area contributed by atoms with Gasteiger partial charge in [0.2, 0.25) is 0 Å². The van der Waals surface area contributed by atoms with E-state index in [2.05, 4.69) is 4.52 Å². The van der Waals surface area contributed by atoms with E-state index >= 15 is 0 Å². The van der Waals surface area contributed by atoms with Crippen LogP contribution in [0.3, 0.4) is 0 Å². The van der Waals surface area contributed by atoms with E-state index < -0.39 is 7.82 Å². The summed E-state index contributed by atoms with van der Waals surface area (Å²) in [6, 6.07) is 0. The second-order valence-corrected chi connectivity index (χ2v) is 8.39. The SMILES string of the molecule is O=P(O)(O)OCCCCCCCCCCCCC1CCCCC1. The summed E-state index contributed by atoms with van der Waals surface area (Å²) in [5.41, 5.74) is 0. The van der Waals surface area contributed by atoms with Crippen molar-refractivity contribution >= 4 is 7.82 Å². The largest absolute Gasteiger partial charge is 0.469 e. The van der Waals surface area contributed by atoms with Crippen LogP contribution in [0.4, 0.5) is 0 Å². The molecule has 138 valence electrons. The number of unbranched alkanes of at least 4 members (excludes halogenated alkanes) is 9. The van der Waals surface area contributed by atoms with E-state index in [1.54, 1.807) is 0 Å². The lowest BCUT2D eigenvalue weighted by Crippen LogP contribution is -2.05. The van der Waals surface area contributed by atoms with Crippen LogP contribution in [-0.2, 0) is 9.09 Å². The third-order valence-corrected chi connectivity index (χ3v) is 5.51. The predicted molar refractivity (Wildman–Crippen MR) is 95.4 cm³/mol. The van der Waals surface area contributed by atoms with Crippen LogP contribution in [0.2, 0.25) is 0 Å². The Labute approximate surface area is 142 Å². The molecule has 0 radical (unpaired) electrons. The molecule has 0 aromatic heterocycles. The summed E-state index contributed by atoms with van der Waals surface area (Å²) in [5, 5.41) is 0. The molecule has 1 rings (SSSR count). The second kappa shape index (κ2) is 13.4. The van der Waals surface area contributed by atoms with Gasteiger partial charge in [-0.1, -0.05) is 96.3 Å². The van der Waals surface area contributed by atoms with Crippen LogP contribution in [-0.4, -0.2) is 16.4 Å². The minimum Gasteiger partial charge on any atom is -0.303 e. The fourth-order valence-electron chi connectivity index (χ4n) is 3.61. The van der Waals surface area contributed by atoms with Gasteiger partial charge in [-0.25, -0.2) is 4.57 Å². The van der Waals surface area contributed by atoms with Crippen molar-refractivity contribution < 1.29 is 18.9 Å². The van der Waals surface area contributed by atoms with E-state index in [0.717, 1.165) is 25.2 Å². The Bertz CT molecular complexity index is 310. The van der Waals surface area contributed by atoms with Gasteiger partial charge in [-0.2, -0.15) is 0 Å². The molecule has 0 aliphatic heterocycles. The monoisotopic (exact) mass is 348 g/mol. The number of phosphoric ester groups is 1. The van der Waals surface area contributed by atoms with Crippen molar-refractivity contribution in [1.29, 1.82) is 0 Å². The van der Waals surface area contributed by atoms with E-state index in [9.17, 15) is 4.57 Å². The van der Waals surface area contributed by atoms with Crippen LogP contribution in [0.1, 0.15) is 103 Å². The van der Waals surface area contributed by atoms with Gasteiger partial charge in [0.15, 0.2) is 0 Å². The van der Waals surface area contributed by atoms with E-state index in [1.165, 1.54) is 83.5 Å². The van der Waals surface area contributed by atoms with Crippen LogP contribution in [0.25, 0.3) is 0 Å². The molecule has 0 aromatic carbocycles. The molecule has 2 N–H and O–H groups in total. The lowest BCUT2D eigenvalue weighted by Gasteiger charge is -2.21. The van der Waals surface area contributed by atoms with Crippen molar-refractivity contribution in [2.24, 2.45) is 5.92 Å². The maximum Gasteiger partial charge on any atom is 0.469 e. The smallest absolute Gasteiger partial charge is 0.303 e. The van der Waals surface area contributed by atoms with Crippen molar-refractivity contribution in [2.75, 3.05) is 6.61 Å². The normalized spacial score (nSPS) is 16.8. The molecule has 0 bridgehead atoms. The zero-order valence-corrected chi connectivity index (χ0v) is 15.7. The first-order chi connectivity index (χ1) is 11.1. The summed E-state index contributed by atoms with van der Waals surface area (Å²) in [4.78, 5) is 17.1. The fourth-order valence-corrected chi connectivity index (χ4v) is 3.98. The predicted octanol–water partition coefficient (Wildman–Crippen LogP) is 5.97. The number of rotatable bonds is 14. The van der Waals surface area contributed by atoms with Crippen LogP contribution in [0, 0.1) is 5.92 Å². The van der Waals surface area contributed by atoms with E-state index in [4.69, 9.17) is 9.79 Å². The zero-order valence-electron chi connectivity index (χ0n) is 14.8. The van der Waals surface area contributed by atoms with Gasteiger partial charge in [-0.15, -0.1) is 0 Å². The van der Waals surface area contributed by atoms with E-state index in [0.29, 0.717) is 0 Å². The van der Waals surface area contributed by atoms with E-state index in [1.807, 2.05) is 0 Å². The van der Waals surface area contributed by atoms with Gasteiger partial charge in [-0.3, -0.25) is 4.52 Å². The molecule has 1 aliphatic rings. The molecule has 5 heteroatoms. The fraction of sp³-hybridized carbons (Fsp3) is 1.00. The van der Waals surface area contributed by atoms with Crippen molar-refractivity contribution in [2.45, 2.75) is 103 Å². The maximum absolute atomic E-state index is 10.5. The molecule has 0 unspecified atom stereocenters. The molecule has 0 aromatic rings. The first-order valence-corrected chi connectivity index (χ1v) is 11.3. The summed E-state index contributed by atoms with van der Waals surface area (Å²) >= 11 is 0. The van der Waals surface area contributed by atoms with Crippen LogP contribution in [0.5, 0.6) is 0 Å². The molecule has 0 atom stereocenters. The number of hydrogen-bond donors (Lipinski definition) is 2.